The van der Waals surface area contributed by atoms with Crippen molar-refractivity contribution in [2.45, 2.75) is 32.7 Å². The van der Waals surface area contributed by atoms with Crippen LogP contribution < -0.4 is 0 Å². The van der Waals surface area contributed by atoms with Crippen molar-refractivity contribution in [3.8, 4) is 0 Å². The number of ether oxygens (including phenoxy) is 1. The van der Waals surface area contributed by atoms with Gasteiger partial charge < -0.3 is 4.74 Å². The fraction of sp³-hybridized carbons (Fsp3) is 0.562. The molecule has 0 bridgehead atoms. The zero-order chi connectivity index (χ0) is 13.7. The maximum atomic E-state index is 12.1. The summed E-state index contributed by atoms with van der Waals surface area (Å²) in [6.45, 7) is 7.58. The first-order valence-corrected chi connectivity index (χ1v) is 7.12. The maximum absolute atomic E-state index is 12.1. The van der Waals surface area contributed by atoms with E-state index in [4.69, 9.17) is 4.74 Å². The highest BCUT2D eigenvalue weighted by atomic mass is 16.5. The Kier molecular flexibility index (Phi) is 5.11. The van der Waals surface area contributed by atoms with Crippen LogP contribution in [0, 0.1) is 6.92 Å². The third-order valence-corrected chi connectivity index (χ3v) is 3.82. The molecule has 0 amide bonds. The quantitative estimate of drug-likeness (QED) is 0.763. The molecule has 3 heteroatoms. The van der Waals surface area contributed by atoms with Gasteiger partial charge in [0.15, 0.2) is 5.78 Å². The molecule has 1 fully saturated rings. The molecule has 2 rings (SSSR count). The minimum absolute atomic E-state index is 0.237. The molecule has 0 N–H and O–H groups in total. The highest BCUT2D eigenvalue weighted by molar-refractivity contribution is 5.96. The number of hydrogen-bond donors (Lipinski definition) is 0. The lowest BCUT2D eigenvalue weighted by Crippen LogP contribution is -2.45. The lowest BCUT2D eigenvalue weighted by Gasteiger charge is -2.34. The number of Topliss-reactive ketones (excluding diaryl/α,β-unsaturated/α-hetero) is 1. The lowest BCUT2D eigenvalue weighted by atomic mass is 10.1. The molecule has 1 aliphatic heterocycles. The number of aryl methyl sites for hydroxylation is 1. The van der Waals surface area contributed by atoms with Gasteiger partial charge in [-0.15, -0.1) is 0 Å². The molecule has 1 atom stereocenters. The first-order valence-electron chi connectivity index (χ1n) is 7.12. The highest BCUT2D eigenvalue weighted by Gasteiger charge is 2.21. The smallest absolute Gasteiger partial charge is 0.164 e. The summed E-state index contributed by atoms with van der Waals surface area (Å²) in [5, 5.41) is 0. The Balaban J connectivity index is 1.87. The Labute approximate surface area is 115 Å². The van der Waals surface area contributed by atoms with Gasteiger partial charge in [-0.05, 0) is 13.3 Å². The minimum atomic E-state index is 0.237. The molecule has 0 spiro atoms. The van der Waals surface area contributed by atoms with Gasteiger partial charge in [0, 0.05) is 31.1 Å². The molecule has 0 saturated carbocycles. The van der Waals surface area contributed by atoms with Crippen molar-refractivity contribution in [2.75, 3.05) is 26.3 Å². The molecule has 19 heavy (non-hydrogen) atoms. The Bertz CT molecular complexity index is 413. The molecule has 0 radical (unpaired) electrons. The summed E-state index contributed by atoms with van der Waals surface area (Å²) in [5.41, 5.74) is 2.02. The number of carbonyl (C=O) groups excluding carboxylic acids is 1. The van der Waals surface area contributed by atoms with Crippen molar-refractivity contribution in [1.82, 2.24) is 4.90 Å². The van der Waals surface area contributed by atoms with Gasteiger partial charge in [0.2, 0.25) is 0 Å². The lowest BCUT2D eigenvalue weighted by molar-refractivity contribution is -0.00839. The van der Waals surface area contributed by atoms with Gasteiger partial charge in [0.25, 0.3) is 0 Å². The number of benzene rings is 1. The second-order valence-corrected chi connectivity index (χ2v) is 5.21. The first-order chi connectivity index (χ1) is 9.20. The van der Waals surface area contributed by atoms with Crippen molar-refractivity contribution in [3.63, 3.8) is 0 Å². The van der Waals surface area contributed by atoms with Crippen LogP contribution in [-0.4, -0.2) is 43.0 Å². The zero-order valence-corrected chi connectivity index (χ0v) is 11.9. The third kappa shape index (κ3) is 3.88. The highest BCUT2D eigenvalue weighted by Crippen LogP contribution is 2.12. The molecular weight excluding hydrogens is 238 g/mol. The molecule has 1 aliphatic rings. The van der Waals surface area contributed by atoms with Crippen LogP contribution in [0.2, 0.25) is 0 Å². The molecular formula is C16H23NO2. The van der Waals surface area contributed by atoms with Gasteiger partial charge in [0.1, 0.15) is 0 Å². The third-order valence-electron chi connectivity index (χ3n) is 3.82. The second kappa shape index (κ2) is 6.83. The number of rotatable bonds is 5. The fourth-order valence-corrected chi connectivity index (χ4v) is 2.49. The van der Waals surface area contributed by atoms with Crippen molar-refractivity contribution in [2.24, 2.45) is 0 Å². The van der Waals surface area contributed by atoms with E-state index in [-0.39, 0.29) is 5.78 Å². The number of morpholine rings is 1. The van der Waals surface area contributed by atoms with Crippen LogP contribution in [-0.2, 0) is 4.74 Å². The summed E-state index contributed by atoms with van der Waals surface area (Å²) in [6.07, 6.45) is 1.68. The van der Waals surface area contributed by atoms with Gasteiger partial charge in [-0.1, -0.05) is 36.8 Å². The molecule has 0 aromatic heterocycles. The van der Waals surface area contributed by atoms with E-state index in [9.17, 15) is 4.79 Å². The van der Waals surface area contributed by atoms with Crippen LogP contribution in [0.3, 0.4) is 0 Å². The normalized spacial score (nSPS) is 20.4. The predicted octanol–water partition coefficient (Wildman–Crippen LogP) is 2.68. The summed E-state index contributed by atoms with van der Waals surface area (Å²) in [5.74, 6) is 0.237. The number of hydrogen-bond acceptors (Lipinski definition) is 3. The Morgan fingerprint density at radius 1 is 1.37 bits per heavy atom. The van der Waals surface area contributed by atoms with Gasteiger partial charge in [0.05, 0.1) is 13.2 Å². The standard InChI is InChI=1S/C16H23NO2/c1-3-15-12-19-11-10-17(15)9-8-16(18)14-6-4-13(2)5-7-14/h4-7,15H,3,8-12H2,1-2H3. The fourth-order valence-electron chi connectivity index (χ4n) is 2.49. The predicted molar refractivity (Wildman–Crippen MR) is 76.6 cm³/mol. The maximum Gasteiger partial charge on any atom is 0.164 e. The summed E-state index contributed by atoms with van der Waals surface area (Å²) in [4.78, 5) is 14.5. The molecule has 1 unspecified atom stereocenters. The Morgan fingerprint density at radius 3 is 2.79 bits per heavy atom. The van der Waals surface area contributed by atoms with Crippen LogP contribution in [0.5, 0.6) is 0 Å². The molecule has 1 heterocycles. The van der Waals surface area contributed by atoms with Crippen LogP contribution in [0.4, 0.5) is 0 Å². The first kappa shape index (κ1) is 14.2. The topological polar surface area (TPSA) is 29.5 Å². The molecule has 1 saturated heterocycles. The van der Waals surface area contributed by atoms with E-state index in [2.05, 4.69) is 11.8 Å². The Hall–Kier alpha value is -1.19. The van der Waals surface area contributed by atoms with Crippen molar-refractivity contribution < 1.29 is 9.53 Å². The van der Waals surface area contributed by atoms with E-state index in [1.807, 2.05) is 31.2 Å². The van der Waals surface area contributed by atoms with E-state index in [0.29, 0.717) is 12.5 Å². The van der Waals surface area contributed by atoms with Gasteiger partial charge in [-0.2, -0.15) is 0 Å². The molecule has 1 aromatic carbocycles. The van der Waals surface area contributed by atoms with E-state index in [1.165, 1.54) is 5.56 Å². The average molecular weight is 261 g/mol. The summed E-state index contributed by atoms with van der Waals surface area (Å²) >= 11 is 0. The Morgan fingerprint density at radius 2 is 2.11 bits per heavy atom. The summed E-state index contributed by atoms with van der Waals surface area (Å²) in [6, 6.07) is 8.32. The minimum Gasteiger partial charge on any atom is -0.378 e. The number of ketones is 1. The number of carbonyl (C=O) groups is 1. The summed E-state index contributed by atoms with van der Waals surface area (Å²) < 4.78 is 5.48. The van der Waals surface area contributed by atoms with Gasteiger partial charge >= 0.3 is 0 Å². The monoisotopic (exact) mass is 261 g/mol. The molecule has 104 valence electrons. The van der Waals surface area contributed by atoms with Crippen LogP contribution in [0.25, 0.3) is 0 Å². The molecule has 0 aliphatic carbocycles. The van der Waals surface area contributed by atoms with Gasteiger partial charge in [-0.25, -0.2) is 0 Å². The molecule has 3 nitrogen and oxygen atoms in total. The van der Waals surface area contributed by atoms with Crippen LogP contribution in [0.15, 0.2) is 24.3 Å². The molecule has 1 aromatic rings. The van der Waals surface area contributed by atoms with Crippen molar-refractivity contribution in [1.29, 1.82) is 0 Å². The van der Waals surface area contributed by atoms with E-state index in [0.717, 1.165) is 38.3 Å². The van der Waals surface area contributed by atoms with E-state index < -0.39 is 0 Å². The van der Waals surface area contributed by atoms with E-state index in [1.54, 1.807) is 0 Å². The van der Waals surface area contributed by atoms with Gasteiger partial charge in [-0.3, -0.25) is 9.69 Å². The zero-order valence-electron chi connectivity index (χ0n) is 11.9. The van der Waals surface area contributed by atoms with Crippen molar-refractivity contribution >= 4 is 5.78 Å². The number of nitrogens with zero attached hydrogens (tertiary/aromatic N) is 1. The SMILES string of the molecule is CCC1COCCN1CCC(=O)c1ccc(C)cc1. The summed E-state index contributed by atoms with van der Waals surface area (Å²) in [7, 11) is 0. The largest absolute Gasteiger partial charge is 0.378 e. The van der Waals surface area contributed by atoms with Crippen molar-refractivity contribution in [3.05, 3.63) is 35.4 Å². The van der Waals surface area contributed by atoms with E-state index >= 15 is 0 Å². The van der Waals surface area contributed by atoms with Crippen LogP contribution >= 0.6 is 0 Å². The second-order valence-electron chi connectivity index (χ2n) is 5.21. The van der Waals surface area contributed by atoms with Crippen LogP contribution in [0.1, 0.15) is 35.7 Å². The average Bonchev–Trinajstić information content (AvgIpc) is 2.45.